The van der Waals surface area contributed by atoms with E-state index in [2.05, 4.69) is 17.0 Å². The summed E-state index contributed by atoms with van der Waals surface area (Å²) in [5.41, 5.74) is 0.454. The van der Waals surface area contributed by atoms with E-state index in [1.807, 2.05) is 0 Å². The predicted molar refractivity (Wildman–Crippen MR) is 122 cm³/mol. The average Bonchev–Trinajstić information content (AvgIpc) is 3.03. The molecule has 1 saturated heterocycles. The Bertz CT molecular complexity index is 934. The number of sulfonamides is 1. The van der Waals surface area contributed by atoms with E-state index in [0.717, 1.165) is 56.3 Å². The van der Waals surface area contributed by atoms with Crippen LogP contribution >= 0.6 is 11.8 Å². The molecule has 1 aliphatic carbocycles. The minimum atomic E-state index is -3.67. The quantitative estimate of drug-likeness (QED) is 0.665. The number of nitrogens with one attached hydrogen (secondary N) is 2. The molecule has 2 heterocycles. The van der Waals surface area contributed by atoms with Crippen molar-refractivity contribution < 1.29 is 18.0 Å². The first-order chi connectivity index (χ1) is 14.8. The van der Waals surface area contributed by atoms with Gasteiger partial charge < -0.3 is 10.2 Å². The van der Waals surface area contributed by atoms with E-state index in [1.54, 1.807) is 17.0 Å². The normalized spacial score (nSPS) is 27.2. The lowest BCUT2D eigenvalue weighted by Gasteiger charge is -2.29. The molecule has 7 nitrogen and oxygen atoms in total. The van der Waals surface area contributed by atoms with E-state index in [-0.39, 0.29) is 22.8 Å². The molecule has 0 aromatic heterocycles. The van der Waals surface area contributed by atoms with Gasteiger partial charge in [-0.05, 0) is 62.6 Å². The van der Waals surface area contributed by atoms with Gasteiger partial charge in [0.1, 0.15) is 0 Å². The minimum absolute atomic E-state index is 0.0446. The number of fused-ring (bicyclic) bond motifs is 1. The van der Waals surface area contributed by atoms with E-state index in [4.69, 9.17) is 0 Å². The fourth-order valence-corrected chi connectivity index (χ4v) is 6.92. The molecule has 0 bridgehead atoms. The highest BCUT2D eigenvalue weighted by Gasteiger charge is 2.36. The van der Waals surface area contributed by atoms with Crippen molar-refractivity contribution in [2.24, 2.45) is 5.92 Å². The summed E-state index contributed by atoms with van der Waals surface area (Å²) >= 11 is 1.21. The van der Waals surface area contributed by atoms with E-state index < -0.39 is 15.3 Å². The maximum absolute atomic E-state index is 12.9. The molecule has 4 rings (SSSR count). The number of rotatable bonds is 4. The zero-order chi connectivity index (χ0) is 22.0. The molecule has 1 saturated carbocycles. The van der Waals surface area contributed by atoms with Crippen LogP contribution < -0.4 is 10.0 Å². The lowest BCUT2D eigenvalue weighted by Crippen LogP contribution is -2.45. The van der Waals surface area contributed by atoms with E-state index in [9.17, 15) is 18.0 Å². The summed E-state index contributed by atoms with van der Waals surface area (Å²) in [5.74, 6) is 0.108. The Morgan fingerprint density at radius 3 is 2.45 bits per heavy atom. The Labute approximate surface area is 188 Å². The van der Waals surface area contributed by atoms with Crippen LogP contribution in [0.25, 0.3) is 0 Å². The van der Waals surface area contributed by atoms with Gasteiger partial charge in [-0.25, -0.2) is 13.1 Å². The molecule has 170 valence electrons. The first-order valence-corrected chi connectivity index (χ1v) is 13.6. The van der Waals surface area contributed by atoms with Gasteiger partial charge in [0.25, 0.3) is 0 Å². The van der Waals surface area contributed by atoms with Crippen LogP contribution in [0.1, 0.15) is 58.3 Å². The van der Waals surface area contributed by atoms with Crippen molar-refractivity contribution in [2.45, 2.75) is 79.4 Å². The van der Waals surface area contributed by atoms with Crippen molar-refractivity contribution in [2.75, 3.05) is 18.4 Å². The number of likely N-dealkylation sites (tertiary alicyclic amines) is 1. The summed E-state index contributed by atoms with van der Waals surface area (Å²) in [7, 11) is -3.67. The maximum Gasteiger partial charge on any atom is 0.247 e. The maximum atomic E-state index is 12.9. The van der Waals surface area contributed by atoms with Gasteiger partial charge in [-0.15, -0.1) is 11.8 Å². The molecular weight excluding hydrogens is 434 g/mol. The van der Waals surface area contributed by atoms with Crippen LogP contribution in [-0.4, -0.2) is 49.5 Å². The average molecular weight is 466 g/mol. The molecule has 1 aromatic carbocycles. The van der Waals surface area contributed by atoms with Crippen molar-refractivity contribution in [3.05, 3.63) is 18.2 Å². The number of anilines is 1. The van der Waals surface area contributed by atoms with Crippen LogP contribution in [0, 0.1) is 5.92 Å². The number of hydrogen-bond acceptors (Lipinski definition) is 5. The van der Waals surface area contributed by atoms with Gasteiger partial charge >= 0.3 is 0 Å². The minimum Gasteiger partial charge on any atom is -0.341 e. The largest absolute Gasteiger partial charge is 0.341 e. The fourth-order valence-electron chi connectivity index (χ4n) is 4.54. The fraction of sp³-hybridized carbons (Fsp3) is 0.636. The lowest BCUT2D eigenvalue weighted by molar-refractivity contribution is -0.133. The summed E-state index contributed by atoms with van der Waals surface area (Å²) in [6.07, 6.45) is 7.90. The summed E-state index contributed by atoms with van der Waals surface area (Å²) in [5, 5.41) is 1.94. The number of carbonyl (C=O) groups excluding carboxylic acids is 2. The Balaban J connectivity index is 1.46. The van der Waals surface area contributed by atoms with Gasteiger partial charge in [-0.3, -0.25) is 9.59 Å². The Hall–Kier alpha value is -1.58. The monoisotopic (exact) mass is 465 g/mol. The molecule has 3 aliphatic rings. The molecule has 2 aliphatic heterocycles. The highest BCUT2D eigenvalue weighted by molar-refractivity contribution is 8.01. The standard InChI is InChI=1S/C22H31N3O4S2/c1-15-6-8-16(9-7-15)24-31(28,29)17-10-11-19-18(14-17)23-21(26)20(30-19)22(27)25-12-4-2-3-5-13-25/h10-11,14-16,20,24H,2-9,12-13H2,1H3,(H,23,26)/t15?,16?,20-/m0/s1. The molecule has 1 atom stereocenters. The second kappa shape index (κ2) is 9.50. The first-order valence-electron chi connectivity index (χ1n) is 11.3. The third kappa shape index (κ3) is 5.26. The van der Waals surface area contributed by atoms with Gasteiger partial charge in [0, 0.05) is 24.0 Å². The highest BCUT2D eigenvalue weighted by atomic mass is 32.2. The van der Waals surface area contributed by atoms with Crippen LogP contribution in [-0.2, 0) is 19.6 Å². The van der Waals surface area contributed by atoms with Crippen LogP contribution in [0.3, 0.4) is 0 Å². The van der Waals surface area contributed by atoms with Crippen LogP contribution in [0.2, 0.25) is 0 Å². The van der Waals surface area contributed by atoms with Crippen molar-refractivity contribution in [3.8, 4) is 0 Å². The van der Waals surface area contributed by atoms with Crippen molar-refractivity contribution in [1.82, 2.24) is 9.62 Å². The van der Waals surface area contributed by atoms with Crippen LogP contribution in [0.15, 0.2) is 28.0 Å². The number of benzene rings is 1. The zero-order valence-electron chi connectivity index (χ0n) is 17.9. The number of thioether (sulfide) groups is 1. The topological polar surface area (TPSA) is 95.6 Å². The lowest BCUT2D eigenvalue weighted by atomic mass is 9.88. The Morgan fingerprint density at radius 2 is 1.77 bits per heavy atom. The van der Waals surface area contributed by atoms with Gasteiger partial charge in [-0.1, -0.05) is 19.8 Å². The Morgan fingerprint density at radius 1 is 1.10 bits per heavy atom. The van der Waals surface area contributed by atoms with Crippen molar-refractivity contribution in [3.63, 3.8) is 0 Å². The zero-order valence-corrected chi connectivity index (χ0v) is 19.6. The van der Waals surface area contributed by atoms with Gasteiger partial charge in [0.05, 0.1) is 10.6 Å². The smallest absolute Gasteiger partial charge is 0.247 e. The summed E-state index contributed by atoms with van der Waals surface area (Å²) in [6, 6.07) is 4.71. The molecule has 0 radical (unpaired) electrons. The third-order valence-electron chi connectivity index (χ3n) is 6.48. The number of nitrogens with zero attached hydrogens (tertiary/aromatic N) is 1. The van der Waals surface area contributed by atoms with E-state index >= 15 is 0 Å². The molecule has 2 N–H and O–H groups in total. The van der Waals surface area contributed by atoms with Gasteiger partial charge in [-0.2, -0.15) is 0 Å². The first kappa shape index (κ1) is 22.6. The Kier molecular flexibility index (Phi) is 6.93. The van der Waals surface area contributed by atoms with Crippen LogP contribution in [0.4, 0.5) is 5.69 Å². The molecule has 0 unspecified atom stereocenters. The summed E-state index contributed by atoms with van der Waals surface area (Å²) in [6.45, 7) is 3.58. The second-order valence-electron chi connectivity index (χ2n) is 8.96. The molecule has 31 heavy (non-hydrogen) atoms. The number of hydrogen-bond donors (Lipinski definition) is 2. The van der Waals surface area contributed by atoms with Crippen molar-refractivity contribution >= 4 is 39.3 Å². The summed E-state index contributed by atoms with van der Waals surface area (Å²) in [4.78, 5) is 28.3. The summed E-state index contributed by atoms with van der Waals surface area (Å²) < 4.78 is 28.6. The predicted octanol–water partition coefficient (Wildman–Crippen LogP) is 3.36. The molecule has 0 spiro atoms. The highest BCUT2D eigenvalue weighted by Crippen LogP contribution is 2.38. The van der Waals surface area contributed by atoms with E-state index in [0.29, 0.717) is 24.7 Å². The number of amides is 2. The molecule has 9 heteroatoms. The molecule has 1 aromatic rings. The van der Waals surface area contributed by atoms with E-state index in [1.165, 1.54) is 17.8 Å². The molecule has 2 fully saturated rings. The molecule has 2 amide bonds. The second-order valence-corrected chi connectivity index (χ2v) is 11.8. The third-order valence-corrected chi connectivity index (χ3v) is 9.26. The molecular formula is C22H31N3O4S2. The van der Waals surface area contributed by atoms with Crippen molar-refractivity contribution in [1.29, 1.82) is 0 Å². The number of carbonyl (C=O) groups is 2. The SMILES string of the molecule is CC1CCC(NS(=O)(=O)c2ccc3c(c2)NC(=O)[C@@H](C(=O)N2CCCCCC2)S3)CC1. The van der Waals surface area contributed by atoms with Crippen LogP contribution in [0.5, 0.6) is 0 Å². The van der Waals surface area contributed by atoms with Gasteiger partial charge in [0.15, 0.2) is 5.25 Å². The van der Waals surface area contributed by atoms with Gasteiger partial charge in [0.2, 0.25) is 21.8 Å².